The highest BCUT2D eigenvalue weighted by atomic mass is 28.4. The molecule has 126 valence electrons. The molecule has 0 aliphatic heterocycles. The van der Waals surface area contributed by atoms with Crippen LogP contribution in [0.4, 0.5) is 22.0 Å². The number of halogens is 5. The fraction of sp³-hybridized carbons (Fsp3) is 0.571. The third-order valence-corrected chi connectivity index (χ3v) is 5.75. The zero-order chi connectivity index (χ0) is 16.9. The summed E-state index contributed by atoms with van der Waals surface area (Å²) >= 11 is 0. The lowest BCUT2D eigenvalue weighted by Gasteiger charge is -2.21. The molecule has 0 bridgehead atoms. The van der Waals surface area contributed by atoms with E-state index in [-0.39, 0.29) is 6.61 Å². The van der Waals surface area contributed by atoms with Gasteiger partial charge < -0.3 is 9.16 Å². The molecule has 1 rings (SSSR count). The fourth-order valence-corrected chi connectivity index (χ4v) is 4.03. The Labute approximate surface area is 127 Å². The second-order valence-electron chi connectivity index (χ2n) is 5.40. The molecule has 0 radical (unpaired) electrons. The summed E-state index contributed by atoms with van der Waals surface area (Å²) in [6.45, 7) is 6.49. The summed E-state index contributed by atoms with van der Waals surface area (Å²) in [7, 11) is -1.75. The molecule has 0 amide bonds. The van der Waals surface area contributed by atoms with Crippen molar-refractivity contribution in [3.05, 3.63) is 29.1 Å². The Hall–Kier alpha value is -1.15. The van der Waals surface area contributed by atoms with Gasteiger partial charge >= 0.3 is 0 Å². The van der Waals surface area contributed by atoms with Crippen LogP contribution in [0.1, 0.15) is 19.8 Å². The second-order valence-corrected chi connectivity index (χ2v) is 9.71. The van der Waals surface area contributed by atoms with E-state index < -0.39 is 43.2 Å². The number of ether oxygens (including phenoxy) is 1. The third-order valence-electron chi connectivity index (χ3n) is 3.12. The van der Waals surface area contributed by atoms with Gasteiger partial charge in [0.15, 0.2) is 14.1 Å². The standard InChI is InChI=1S/C14H19F5O2Si/c1-4-21-22(2,3)8-6-5-7-20-14-12(18)10(16)9(15)11(17)13(14)19/h4-8H2,1-3H3. The van der Waals surface area contributed by atoms with Crippen LogP contribution in [0.2, 0.25) is 19.1 Å². The van der Waals surface area contributed by atoms with E-state index in [2.05, 4.69) is 0 Å². The maximum Gasteiger partial charge on any atom is 0.206 e. The van der Waals surface area contributed by atoms with Crippen LogP contribution in [0.3, 0.4) is 0 Å². The molecule has 0 N–H and O–H groups in total. The quantitative estimate of drug-likeness (QED) is 0.222. The van der Waals surface area contributed by atoms with E-state index in [0.717, 1.165) is 6.04 Å². The molecule has 0 atom stereocenters. The molecule has 2 nitrogen and oxygen atoms in total. The molecular weight excluding hydrogens is 323 g/mol. The summed E-state index contributed by atoms with van der Waals surface area (Å²) < 4.78 is 75.8. The number of hydrogen-bond acceptors (Lipinski definition) is 2. The van der Waals surface area contributed by atoms with Crippen LogP contribution < -0.4 is 4.74 Å². The van der Waals surface area contributed by atoms with Crippen LogP contribution in [0.15, 0.2) is 0 Å². The van der Waals surface area contributed by atoms with E-state index in [1.54, 1.807) is 0 Å². The molecule has 0 fully saturated rings. The number of hydrogen-bond donors (Lipinski definition) is 0. The zero-order valence-corrected chi connectivity index (χ0v) is 13.7. The smallest absolute Gasteiger partial charge is 0.206 e. The van der Waals surface area contributed by atoms with Gasteiger partial charge in [-0.25, -0.2) is 13.2 Å². The minimum atomic E-state index is -2.19. The highest BCUT2D eigenvalue weighted by molar-refractivity contribution is 6.71. The predicted molar refractivity (Wildman–Crippen MR) is 74.9 cm³/mol. The highest BCUT2D eigenvalue weighted by Crippen LogP contribution is 2.29. The van der Waals surface area contributed by atoms with Gasteiger partial charge in [-0.05, 0) is 32.5 Å². The maximum atomic E-state index is 13.3. The summed E-state index contributed by atoms with van der Waals surface area (Å²) in [4.78, 5) is 0. The molecule has 0 aliphatic rings. The summed E-state index contributed by atoms with van der Waals surface area (Å²) in [5.74, 6) is -11.3. The summed E-state index contributed by atoms with van der Waals surface area (Å²) in [6, 6.07) is 0.821. The first-order valence-corrected chi connectivity index (χ1v) is 10.1. The van der Waals surface area contributed by atoms with Crippen molar-refractivity contribution < 1.29 is 31.1 Å². The Balaban J connectivity index is 2.56. The van der Waals surface area contributed by atoms with Crippen molar-refractivity contribution >= 4 is 8.32 Å². The maximum absolute atomic E-state index is 13.3. The first-order valence-electron chi connectivity index (χ1n) is 6.99. The molecule has 22 heavy (non-hydrogen) atoms. The van der Waals surface area contributed by atoms with Gasteiger partial charge in [0.2, 0.25) is 29.1 Å². The third kappa shape index (κ3) is 4.67. The molecule has 0 aromatic heterocycles. The second kappa shape index (κ2) is 7.91. The van der Waals surface area contributed by atoms with Gasteiger partial charge in [-0.15, -0.1) is 0 Å². The minimum Gasteiger partial charge on any atom is -0.487 e. The molecule has 0 aliphatic carbocycles. The van der Waals surface area contributed by atoms with Crippen LogP contribution in [0.25, 0.3) is 0 Å². The first-order chi connectivity index (χ1) is 10.2. The van der Waals surface area contributed by atoms with Gasteiger partial charge in [0, 0.05) is 6.61 Å². The molecule has 1 aromatic rings. The average Bonchev–Trinajstić information content (AvgIpc) is 2.45. The van der Waals surface area contributed by atoms with Crippen LogP contribution in [0, 0.1) is 29.1 Å². The van der Waals surface area contributed by atoms with Crippen molar-refractivity contribution in [1.82, 2.24) is 0 Å². The lowest BCUT2D eigenvalue weighted by atomic mass is 10.2. The predicted octanol–water partition coefficient (Wildman–Crippen LogP) is 4.78. The topological polar surface area (TPSA) is 18.5 Å². The Morgan fingerprint density at radius 3 is 1.82 bits per heavy atom. The largest absolute Gasteiger partial charge is 0.487 e. The average molecular weight is 342 g/mol. The van der Waals surface area contributed by atoms with Gasteiger partial charge in [-0.2, -0.15) is 8.78 Å². The molecule has 0 heterocycles. The van der Waals surface area contributed by atoms with E-state index in [4.69, 9.17) is 9.16 Å². The lowest BCUT2D eigenvalue weighted by Crippen LogP contribution is -2.30. The number of unbranched alkanes of at least 4 members (excludes halogenated alkanes) is 1. The monoisotopic (exact) mass is 342 g/mol. The fourth-order valence-electron chi connectivity index (χ4n) is 2.00. The molecule has 0 saturated heterocycles. The zero-order valence-electron chi connectivity index (χ0n) is 12.7. The first kappa shape index (κ1) is 18.9. The molecule has 0 spiro atoms. The van der Waals surface area contributed by atoms with Gasteiger partial charge in [-0.1, -0.05) is 6.42 Å². The van der Waals surface area contributed by atoms with E-state index in [1.807, 2.05) is 20.0 Å². The summed E-state index contributed by atoms with van der Waals surface area (Å²) in [6.07, 6.45) is 1.12. The van der Waals surface area contributed by atoms with E-state index in [0.29, 0.717) is 19.4 Å². The Morgan fingerprint density at radius 2 is 1.32 bits per heavy atom. The number of rotatable bonds is 8. The van der Waals surface area contributed by atoms with Gasteiger partial charge in [0.05, 0.1) is 6.61 Å². The Kier molecular flexibility index (Phi) is 6.80. The lowest BCUT2D eigenvalue weighted by molar-refractivity contribution is 0.256. The molecule has 0 saturated carbocycles. The Morgan fingerprint density at radius 1 is 0.818 bits per heavy atom. The number of benzene rings is 1. The Bertz CT molecular complexity index is 493. The molecule has 1 aromatic carbocycles. The normalized spacial score (nSPS) is 11.8. The van der Waals surface area contributed by atoms with Crippen LogP contribution >= 0.6 is 0 Å². The van der Waals surface area contributed by atoms with Crippen molar-refractivity contribution in [2.45, 2.75) is 38.9 Å². The van der Waals surface area contributed by atoms with Crippen molar-refractivity contribution in [3.63, 3.8) is 0 Å². The van der Waals surface area contributed by atoms with E-state index >= 15 is 0 Å². The van der Waals surface area contributed by atoms with Gasteiger partial charge in [-0.3, -0.25) is 0 Å². The van der Waals surface area contributed by atoms with Crippen molar-refractivity contribution in [1.29, 1.82) is 0 Å². The van der Waals surface area contributed by atoms with Crippen LogP contribution in [0.5, 0.6) is 5.75 Å². The van der Waals surface area contributed by atoms with Crippen molar-refractivity contribution in [3.8, 4) is 5.75 Å². The highest BCUT2D eigenvalue weighted by Gasteiger charge is 2.27. The molecule has 8 heteroatoms. The van der Waals surface area contributed by atoms with Crippen molar-refractivity contribution in [2.75, 3.05) is 13.2 Å². The van der Waals surface area contributed by atoms with Gasteiger partial charge in [0.25, 0.3) is 0 Å². The summed E-state index contributed by atoms with van der Waals surface area (Å²) in [5, 5.41) is 0. The van der Waals surface area contributed by atoms with Gasteiger partial charge in [0.1, 0.15) is 0 Å². The van der Waals surface area contributed by atoms with Crippen LogP contribution in [-0.4, -0.2) is 21.5 Å². The van der Waals surface area contributed by atoms with E-state index in [1.165, 1.54) is 0 Å². The van der Waals surface area contributed by atoms with Crippen LogP contribution in [-0.2, 0) is 4.43 Å². The molecular formula is C14H19F5O2Si. The summed E-state index contributed by atoms with van der Waals surface area (Å²) in [5.41, 5.74) is 0. The van der Waals surface area contributed by atoms with E-state index in [9.17, 15) is 22.0 Å². The van der Waals surface area contributed by atoms with Crippen molar-refractivity contribution in [2.24, 2.45) is 0 Å². The minimum absolute atomic E-state index is 0.130. The SMILES string of the molecule is CCO[Si](C)(C)CCCCOc1c(F)c(F)c(F)c(F)c1F. The molecule has 0 unspecified atom stereocenters.